The average Bonchev–Trinajstić information content (AvgIpc) is 3.12. The Kier molecular flexibility index (Phi) is 3.91. The number of halogens is 2. The number of hydrogen-bond acceptors (Lipinski definition) is 3. The van der Waals surface area contributed by atoms with E-state index in [1.807, 2.05) is 0 Å². The molecular formula is C12H15F2NO2. The van der Waals surface area contributed by atoms with E-state index < -0.39 is 17.7 Å². The van der Waals surface area contributed by atoms with Crippen molar-refractivity contribution in [3.63, 3.8) is 0 Å². The number of aliphatic hydroxyl groups excluding tert-OH is 1. The van der Waals surface area contributed by atoms with Crippen molar-refractivity contribution in [3.05, 3.63) is 29.8 Å². The highest BCUT2D eigenvalue weighted by Crippen LogP contribution is 2.18. The molecule has 1 aliphatic carbocycles. The first-order valence-corrected chi connectivity index (χ1v) is 5.64. The van der Waals surface area contributed by atoms with E-state index in [0.29, 0.717) is 12.6 Å². The van der Waals surface area contributed by atoms with Gasteiger partial charge in [-0.3, -0.25) is 0 Å². The smallest absolute Gasteiger partial charge is 0.162 e. The lowest BCUT2D eigenvalue weighted by atomic mass is 10.3. The predicted molar refractivity (Wildman–Crippen MR) is 58.9 cm³/mol. The number of nitrogens with one attached hydrogen (secondary N) is 1. The van der Waals surface area contributed by atoms with Gasteiger partial charge in [-0.2, -0.15) is 0 Å². The third kappa shape index (κ3) is 3.94. The third-order valence-corrected chi connectivity index (χ3v) is 2.55. The van der Waals surface area contributed by atoms with E-state index in [2.05, 4.69) is 5.32 Å². The minimum Gasteiger partial charge on any atom is -0.491 e. The van der Waals surface area contributed by atoms with Gasteiger partial charge in [0.15, 0.2) is 11.6 Å². The monoisotopic (exact) mass is 243 g/mol. The highest BCUT2D eigenvalue weighted by molar-refractivity contribution is 5.23. The predicted octanol–water partition coefficient (Wildman–Crippen LogP) is 1.46. The Labute approximate surface area is 98.4 Å². The van der Waals surface area contributed by atoms with Crippen LogP contribution < -0.4 is 10.1 Å². The summed E-state index contributed by atoms with van der Waals surface area (Å²) in [4.78, 5) is 0. The number of ether oxygens (including phenoxy) is 1. The Balaban J connectivity index is 1.73. The Morgan fingerprint density at radius 3 is 2.76 bits per heavy atom. The lowest BCUT2D eigenvalue weighted by molar-refractivity contribution is 0.106. The van der Waals surface area contributed by atoms with Gasteiger partial charge in [-0.05, 0) is 25.0 Å². The normalized spacial score (nSPS) is 16.9. The summed E-state index contributed by atoms with van der Waals surface area (Å²) in [5.74, 6) is -1.64. The number of hydrogen-bond donors (Lipinski definition) is 2. The molecule has 0 radical (unpaired) electrons. The largest absolute Gasteiger partial charge is 0.491 e. The second-order valence-electron chi connectivity index (χ2n) is 4.22. The maximum absolute atomic E-state index is 12.8. The molecule has 3 nitrogen and oxygen atoms in total. The Hall–Kier alpha value is -1.20. The van der Waals surface area contributed by atoms with Gasteiger partial charge in [-0.15, -0.1) is 0 Å². The van der Waals surface area contributed by atoms with Crippen molar-refractivity contribution in [1.82, 2.24) is 5.32 Å². The summed E-state index contributed by atoms with van der Waals surface area (Å²) < 4.78 is 30.6. The first-order chi connectivity index (χ1) is 8.15. The van der Waals surface area contributed by atoms with Crippen LogP contribution in [-0.4, -0.2) is 30.4 Å². The van der Waals surface area contributed by atoms with Crippen LogP contribution in [0.4, 0.5) is 8.78 Å². The molecule has 1 fully saturated rings. The van der Waals surface area contributed by atoms with Crippen molar-refractivity contribution in [2.75, 3.05) is 13.2 Å². The molecule has 1 atom stereocenters. The van der Waals surface area contributed by atoms with Crippen molar-refractivity contribution in [3.8, 4) is 5.75 Å². The van der Waals surface area contributed by atoms with Gasteiger partial charge >= 0.3 is 0 Å². The van der Waals surface area contributed by atoms with Crippen LogP contribution in [0.3, 0.4) is 0 Å². The van der Waals surface area contributed by atoms with Crippen molar-refractivity contribution in [1.29, 1.82) is 0 Å². The van der Waals surface area contributed by atoms with Gasteiger partial charge in [0.25, 0.3) is 0 Å². The summed E-state index contributed by atoms with van der Waals surface area (Å²) >= 11 is 0. The SMILES string of the molecule is OC(CNC1CC1)COc1ccc(F)c(F)c1. The van der Waals surface area contributed by atoms with Gasteiger partial charge < -0.3 is 15.2 Å². The van der Waals surface area contributed by atoms with E-state index in [0.717, 1.165) is 25.0 Å². The minimum absolute atomic E-state index is 0.0603. The number of benzene rings is 1. The molecule has 2 N–H and O–H groups in total. The Bertz CT molecular complexity index is 383. The van der Waals surface area contributed by atoms with Crippen LogP contribution >= 0.6 is 0 Å². The van der Waals surface area contributed by atoms with Crippen LogP contribution in [0.2, 0.25) is 0 Å². The van der Waals surface area contributed by atoms with Gasteiger partial charge in [0, 0.05) is 18.7 Å². The van der Waals surface area contributed by atoms with Crippen LogP contribution in [0, 0.1) is 11.6 Å². The molecule has 1 saturated carbocycles. The molecule has 0 bridgehead atoms. The first-order valence-electron chi connectivity index (χ1n) is 5.64. The second kappa shape index (κ2) is 5.42. The third-order valence-electron chi connectivity index (χ3n) is 2.55. The average molecular weight is 243 g/mol. The molecule has 17 heavy (non-hydrogen) atoms. The molecule has 1 aliphatic rings. The summed E-state index contributed by atoms with van der Waals surface area (Å²) in [5.41, 5.74) is 0. The standard InChI is InChI=1S/C12H15F2NO2/c13-11-4-3-10(5-12(11)14)17-7-9(16)6-15-8-1-2-8/h3-5,8-9,15-16H,1-2,6-7H2. The minimum atomic E-state index is -0.951. The fourth-order valence-corrected chi connectivity index (χ4v) is 1.41. The summed E-state index contributed by atoms with van der Waals surface area (Å²) in [6, 6.07) is 3.82. The fourth-order valence-electron chi connectivity index (χ4n) is 1.41. The van der Waals surface area contributed by atoms with Crippen molar-refractivity contribution in [2.24, 2.45) is 0 Å². The molecule has 0 aromatic heterocycles. The lowest BCUT2D eigenvalue weighted by Gasteiger charge is -2.13. The van der Waals surface area contributed by atoms with Gasteiger partial charge in [-0.1, -0.05) is 0 Å². The van der Waals surface area contributed by atoms with Crippen LogP contribution in [0.25, 0.3) is 0 Å². The van der Waals surface area contributed by atoms with Crippen molar-refractivity contribution in [2.45, 2.75) is 25.0 Å². The molecule has 1 unspecified atom stereocenters. The van der Waals surface area contributed by atoms with E-state index >= 15 is 0 Å². The van der Waals surface area contributed by atoms with E-state index in [-0.39, 0.29) is 12.4 Å². The van der Waals surface area contributed by atoms with Gasteiger partial charge in [-0.25, -0.2) is 8.78 Å². The van der Waals surface area contributed by atoms with E-state index in [9.17, 15) is 13.9 Å². The summed E-state index contributed by atoms with van der Waals surface area (Å²) in [7, 11) is 0. The highest BCUT2D eigenvalue weighted by Gasteiger charge is 2.21. The summed E-state index contributed by atoms with van der Waals surface area (Å²) in [6.07, 6.45) is 1.65. The summed E-state index contributed by atoms with van der Waals surface area (Å²) in [5, 5.41) is 12.7. The Morgan fingerprint density at radius 1 is 1.35 bits per heavy atom. The molecule has 94 valence electrons. The number of aliphatic hydroxyl groups is 1. The molecule has 0 saturated heterocycles. The summed E-state index contributed by atoms with van der Waals surface area (Å²) in [6.45, 7) is 0.513. The van der Waals surface area contributed by atoms with E-state index in [4.69, 9.17) is 4.74 Å². The molecule has 0 aliphatic heterocycles. The molecule has 2 rings (SSSR count). The van der Waals surface area contributed by atoms with Gasteiger partial charge in [0.1, 0.15) is 18.5 Å². The molecule has 1 aromatic rings. The molecule has 0 heterocycles. The first kappa shape index (κ1) is 12.3. The molecule has 0 amide bonds. The molecule has 1 aromatic carbocycles. The van der Waals surface area contributed by atoms with Gasteiger partial charge in [0.2, 0.25) is 0 Å². The quantitative estimate of drug-likeness (QED) is 0.794. The van der Waals surface area contributed by atoms with Crippen molar-refractivity contribution >= 4 is 0 Å². The number of rotatable bonds is 6. The maximum atomic E-state index is 12.8. The van der Waals surface area contributed by atoms with Crippen LogP contribution in [0.15, 0.2) is 18.2 Å². The van der Waals surface area contributed by atoms with E-state index in [1.54, 1.807) is 0 Å². The topological polar surface area (TPSA) is 41.5 Å². The molecule has 0 spiro atoms. The Morgan fingerprint density at radius 2 is 2.12 bits per heavy atom. The lowest BCUT2D eigenvalue weighted by Crippen LogP contribution is -2.32. The van der Waals surface area contributed by atoms with Crippen LogP contribution in [0.1, 0.15) is 12.8 Å². The van der Waals surface area contributed by atoms with Crippen molar-refractivity contribution < 1.29 is 18.6 Å². The second-order valence-corrected chi connectivity index (χ2v) is 4.22. The van der Waals surface area contributed by atoms with Crippen LogP contribution in [-0.2, 0) is 0 Å². The fraction of sp³-hybridized carbons (Fsp3) is 0.500. The van der Waals surface area contributed by atoms with Gasteiger partial charge in [0.05, 0.1) is 0 Å². The van der Waals surface area contributed by atoms with Crippen LogP contribution in [0.5, 0.6) is 5.75 Å². The zero-order chi connectivity index (χ0) is 12.3. The molecular weight excluding hydrogens is 228 g/mol. The zero-order valence-electron chi connectivity index (χ0n) is 9.33. The maximum Gasteiger partial charge on any atom is 0.162 e. The van der Waals surface area contributed by atoms with E-state index in [1.165, 1.54) is 6.07 Å². The zero-order valence-corrected chi connectivity index (χ0v) is 9.33. The highest BCUT2D eigenvalue weighted by atomic mass is 19.2. The molecule has 5 heteroatoms.